The molecule has 3 rings (SSSR count). The second-order valence-electron chi connectivity index (χ2n) is 5.73. The van der Waals surface area contributed by atoms with E-state index in [1.807, 2.05) is 4.90 Å². The lowest BCUT2D eigenvalue weighted by atomic mass is 9.93. The van der Waals surface area contributed by atoms with E-state index in [0.717, 1.165) is 18.5 Å². The van der Waals surface area contributed by atoms with Gasteiger partial charge in [0.05, 0.1) is 12.2 Å². The number of aryl methyl sites for hydroxylation is 2. The van der Waals surface area contributed by atoms with Crippen molar-refractivity contribution in [2.45, 2.75) is 38.6 Å². The normalized spacial score (nSPS) is 15.8. The zero-order valence-corrected chi connectivity index (χ0v) is 13.0. The van der Waals surface area contributed by atoms with E-state index in [-0.39, 0.29) is 17.4 Å². The SMILES string of the molecule is Cc1nc(C2CCN(C(=O)CCn3cnnn3)CC2)cc(=O)[nH]1. The van der Waals surface area contributed by atoms with Gasteiger partial charge in [0, 0.05) is 31.5 Å². The van der Waals surface area contributed by atoms with E-state index < -0.39 is 0 Å². The maximum atomic E-state index is 12.2. The van der Waals surface area contributed by atoms with Crippen LogP contribution in [0.4, 0.5) is 0 Å². The van der Waals surface area contributed by atoms with E-state index in [1.165, 1.54) is 6.33 Å². The van der Waals surface area contributed by atoms with E-state index in [9.17, 15) is 9.59 Å². The smallest absolute Gasteiger partial charge is 0.251 e. The molecule has 0 atom stereocenters. The van der Waals surface area contributed by atoms with Crippen molar-refractivity contribution in [3.8, 4) is 0 Å². The maximum absolute atomic E-state index is 12.2. The lowest BCUT2D eigenvalue weighted by molar-refractivity contribution is -0.132. The highest BCUT2D eigenvalue weighted by molar-refractivity contribution is 5.76. The molecular formula is C14H19N7O2. The molecule has 0 spiro atoms. The molecule has 2 aromatic rings. The van der Waals surface area contributed by atoms with Crippen LogP contribution < -0.4 is 5.56 Å². The number of carbonyl (C=O) groups excluding carboxylic acids is 1. The zero-order chi connectivity index (χ0) is 16.2. The molecule has 1 fully saturated rings. The summed E-state index contributed by atoms with van der Waals surface area (Å²) in [4.78, 5) is 32.7. The van der Waals surface area contributed by atoms with E-state index in [1.54, 1.807) is 17.7 Å². The van der Waals surface area contributed by atoms with Crippen molar-refractivity contribution in [2.24, 2.45) is 0 Å². The van der Waals surface area contributed by atoms with Crippen LogP contribution in [0.15, 0.2) is 17.2 Å². The Kier molecular flexibility index (Phi) is 4.45. The van der Waals surface area contributed by atoms with Crippen molar-refractivity contribution in [1.82, 2.24) is 35.1 Å². The summed E-state index contributed by atoms with van der Waals surface area (Å²) in [5.74, 6) is 0.973. The van der Waals surface area contributed by atoms with Gasteiger partial charge in [0.2, 0.25) is 5.91 Å². The Morgan fingerprint density at radius 3 is 2.83 bits per heavy atom. The number of aromatic amines is 1. The van der Waals surface area contributed by atoms with Crippen LogP contribution in [-0.2, 0) is 11.3 Å². The second-order valence-corrected chi connectivity index (χ2v) is 5.73. The number of rotatable bonds is 4. The van der Waals surface area contributed by atoms with Gasteiger partial charge >= 0.3 is 0 Å². The number of aromatic nitrogens is 6. The third kappa shape index (κ3) is 3.79. The van der Waals surface area contributed by atoms with E-state index in [2.05, 4.69) is 25.5 Å². The fourth-order valence-electron chi connectivity index (χ4n) is 2.89. The number of hydrogen-bond acceptors (Lipinski definition) is 6. The van der Waals surface area contributed by atoms with Crippen molar-refractivity contribution in [3.05, 3.63) is 34.3 Å². The molecule has 2 aromatic heterocycles. The number of hydrogen-bond donors (Lipinski definition) is 1. The topological polar surface area (TPSA) is 110 Å². The predicted octanol–water partition coefficient (Wildman–Crippen LogP) is -0.139. The quantitative estimate of drug-likeness (QED) is 0.840. The summed E-state index contributed by atoms with van der Waals surface area (Å²) < 4.78 is 1.55. The highest BCUT2D eigenvalue weighted by atomic mass is 16.2. The van der Waals surface area contributed by atoms with E-state index >= 15 is 0 Å². The Labute approximate surface area is 132 Å². The van der Waals surface area contributed by atoms with Gasteiger partial charge < -0.3 is 9.88 Å². The number of nitrogens with one attached hydrogen (secondary N) is 1. The van der Waals surface area contributed by atoms with Crippen LogP contribution in [0.5, 0.6) is 0 Å². The molecule has 3 heterocycles. The summed E-state index contributed by atoms with van der Waals surface area (Å²) in [5, 5.41) is 10.8. The lowest BCUT2D eigenvalue weighted by Gasteiger charge is -2.31. The minimum absolute atomic E-state index is 0.106. The van der Waals surface area contributed by atoms with Gasteiger partial charge in [-0.05, 0) is 30.2 Å². The van der Waals surface area contributed by atoms with Crippen LogP contribution in [0.1, 0.15) is 36.7 Å². The fraction of sp³-hybridized carbons (Fsp3) is 0.571. The summed E-state index contributed by atoms with van der Waals surface area (Å²) in [7, 11) is 0. The Balaban J connectivity index is 1.53. The third-order valence-corrected chi connectivity index (χ3v) is 4.09. The number of piperidine rings is 1. The van der Waals surface area contributed by atoms with Crippen LogP contribution in [0.2, 0.25) is 0 Å². The first-order chi connectivity index (χ1) is 11.1. The summed E-state index contributed by atoms with van der Waals surface area (Å²) in [6.45, 7) is 3.64. The molecule has 0 unspecified atom stereocenters. The van der Waals surface area contributed by atoms with Crippen molar-refractivity contribution in [2.75, 3.05) is 13.1 Å². The van der Waals surface area contributed by atoms with Gasteiger partial charge in [-0.3, -0.25) is 9.59 Å². The van der Waals surface area contributed by atoms with Crippen LogP contribution in [0.25, 0.3) is 0 Å². The second kappa shape index (κ2) is 6.67. The van der Waals surface area contributed by atoms with Crippen LogP contribution in [0.3, 0.4) is 0 Å². The first-order valence-corrected chi connectivity index (χ1v) is 7.68. The van der Waals surface area contributed by atoms with E-state index in [0.29, 0.717) is 31.9 Å². The Bertz CT molecular complexity index is 717. The van der Waals surface area contributed by atoms with Gasteiger partial charge in [0.15, 0.2) is 0 Å². The Morgan fingerprint density at radius 1 is 1.39 bits per heavy atom. The Hall–Kier alpha value is -2.58. The van der Waals surface area contributed by atoms with Crippen molar-refractivity contribution < 1.29 is 4.79 Å². The largest absolute Gasteiger partial charge is 0.343 e. The van der Waals surface area contributed by atoms with Crippen LogP contribution >= 0.6 is 0 Å². The highest BCUT2D eigenvalue weighted by Gasteiger charge is 2.24. The molecule has 1 amide bonds. The van der Waals surface area contributed by atoms with Gasteiger partial charge in [0.1, 0.15) is 12.2 Å². The molecule has 1 aliphatic rings. The molecule has 122 valence electrons. The molecule has 0 bridgehead atoms. The average molecular weight is 317 g/mol. The number of carbonyl (C=O) groups is 1. The predicted molar refractivity (Wildman–Crippen MR) is 80.6 cm³/mol. The lowest BCUT2D eigenvalue weighted by Crippen LogP contribution is -2.38. The number of nitrogens with zero attached hydrogens (tertiary/aromatic N) is 6. The minimum atomic E-state index is -0.118. The summed E-state index contributed by atoms with van der Waals surface area (Å²) in [6, 6.07) is 1.56. The van der Waals surface area contributed by atoms with Crippen molar-refractivity contribution in [3.63, 3.8) is 0 Å². The molecule has 0 saturated carbocycles. The molecular weight excluding hydrogens is 298 g/mol. The Morgan fingerprint density at radius 2 is 2.17 bits per heavy atom. The number of H-pyrrole nitrogens is 1. The maximum Gasteiger partial charge on any atom is 0.251 e. The molecule has 0 aromatic carbocycles. The highest BCUT2D eigenvalue weighted by Crippen LogP contribution is 2.26. The van der Waals surface area contributed by atoms with Gasteiger partial charge in [-0.25, -0.2) is 9.67 Å². The molecule has 1 N–H and O–H groups in total. The third-order valence-electron chi connectivity index (χ3n) is 4.09. The standard InChI is InChI=1S/C14H19N7O2/c1-10-16-12(8-13(22)17-10)11-2-5-20(6-3-11)14(23)4-7-21-9-15-18-19-21/h8-9,11H,2-7H2,1H3,(H,16,17,22). The monoisotopic (exact) mass is 317 g/mol. The molecule has 9 heteroatoms. The van der Waals surface area contributed by atoms with Crippen molar-refractivity contribution >= 4 is 5.91 Å². The van der Waals surface area contributed by atoms with Crippen molar-refractivity contribution in [1.29, 1.82) is 0 Å². The molecule has 1 aliphatic heterocycles. The van der Waals surface area contributed by atoms with Gasteiger partial charge in [-0.1, -0.05) is 0 Å². The van der Waals surface area contributed by atoms with Crippen LogP contribution in [-0.4, -0.2) is 54.1 Å². The molecule has 9 nitrogen and oxygen atoms in total. The molecule has 1 saturated heterocycles. The minimum Gasteiger partial charge on any atom is -0.343 e. The summed E-state index contributed by atoms with van der Waals surface area (Å²) in [5.41, 5.74) is 0.708. The van der Waals surface area contributed by atoms with Crippen LogP contribution in [0, 0.1) is 6.92 Å². The number of amides is 1. The number of likely N-dealkylation sites (tertiary alicyclic amines) is 1. The first kappa shape index (κ1) is 15.3. The zero-order valence-electron chi connectivity index (χ0n) is 13.0. The summed E-state index contributed by atoms with van der Waals surface area (Å²) in [6.07, 6.45) is 3.54. The first-order valence-electron chi connectivity index (χ1n) is 7.68. The molecule has 23 heavy (non-hydrogen) atoms. The van der Waals surface area contributed by atoms with E-state index in [4.69, 9.17) is 0 Å². The fourth-order valence-corrected chi connectivity index (χ4v) is 2.89. The summed E-state index contributed by atoms with van der Waals surface area (Å²) >= 11 is 0. The van der Waals surface area contributed by atoms with Gasteiger partial charge in [-0.15, -0.1) is 5.10 Å². The molecule has 0 aliphatic carbocycles. The van der Waals surface area contributed by atoms with Gasteiger partial charge in [0.25, 0.3) is 5.56 Å². The molecule has 0 radical (unpaired) electrons. The average Bonchev–Trinajstić information content (AvgIpc) is 3.05. The van der Waals surface area contributed by atoms with Gasteiger partial charge in [-0.2, -0.15) is 0 Å². The number of tetrazole rings is 1.